The standard InChI is InChI=1S/C9H12N4.H2/c1-5-4-6(10)8-7(13-5)2-3-12-9(8)11;/h4H,2-3H2,1H3,(H2,10,13)(H2,11,12);1H. The van der Waals surface area contributed by atoms with E-state index in [1.165, 1.54) is 0 Å². The van der Waals surface area contributed by atoms with Crippen LogP contribution in [0, 0.1) is 6.92 Å². The topological polar surface area (TPSA) is 77.3 Å². The van der Waals surface area contributed by atoms with Crippen molar-refractivity contribution in [2.75, 3.05) is 12.3 Å². The van der Waals surface area contributed by atoms with Gasteiger partial charge in [0.2, 0.25) is 0 Å². The summed E-state index contributed by atoms with van der Waals surface area (Å²) >= 11 is 0. The lowest BCUT2D eigenvalue weighted by molar-refractivity contribution is 0.886. The lowest BCUT2D eigenvalue weighted by Gasteiger charge is -2.15. The Morgan fingerprint density at radius 2 is 2.23 bits per heavy atom. The Bertz CT molecular complexity index is 387. The molecule has 4 nitrogen and oxygen atoms in total. The van der Waals surface area contributed by atoms with Gasteiger partial charge in [-0.25, -0.2) is 0 Å². The number of amidine groups is 1. The van der Waals surface area contributed by atoms with Crippen molar-refractivity contribution < 1.29 is 1.43 Å². The molecule has 1 aromatic rings. The molecule has 1 aliphatic rings. The van der Waals surface area contributed by atoms with Crippen LogP contribution in [0.3, 0.4) is 0 Å². The molecule has 1 aliphatic heterocycles. The Hall–Kier alpha value is -1.58. The fraction of sp³-hybridized carbons (Fsp3) is 0.333. The smallest absolute Gasteiger partial charge is 0.129 e. The number of anilines is 1. The third kappa shape index (κ3) is 1.24. The van der Waals surface area contributed by atoms with Crippen molar-refractivity contribution in [3.63, 3.8) is 0 Å². The van der Waals surface area contributed by atoms with Crippen molar-refractivity contribution >= 4 is 11.5 Å². The van der Waals surface area contributed by atoms with Crippen LogP contribution in [-0.4, -0.2) is 17.4 Å². The van der Waals surface area contributed by atoms with Crippen LogP contribution >= 0.6 is 0 Å². The van der Waals surface area contributed by atoms with Crippen molar-refractivity contribution in [3.8, 4) is 0 Å². The van der Waals surface area contributed by atoms with Crippen molar-refractivity contribution in [2.45, 2.75) is 13.3 Å². The summed E-state index contributed by atoms with van der Waals surface area (Å²) in [5.41, 5.74) is 15.0. The third-order valence-electron chi connectivity index (χ3n) is 2.14. The molecule has 4 heteroatoms. The van der Waals surface area contributed by atoms with E-state index in [-0.39, 0.29) is 1.43 Å². The van der Waals surface area contributed by atoms with Crippen molar-refractivity contribution in [2.24, 2.45) is 10.7 Å². The SMILES string of the molecule is Cc1cc(N)c2c(n1)CCN=C2N.[HH]. The minimum absolute atomic E-state index is 0. The highest BCUT2D eigenvalue weighted by atomic mass is 14.9. The molecule has 0 saturated heterocycles. The molecule has 2 heterocycles. The number of aliphatic imine (C=N–C) groups is 1. The maximum Gasteiger partial charge on any atom is 0.129 e. The first kappa shape index (κ1) is 8.04. The number of aryl methyl sites for hydroxylation is 1. The van der Waals surface area contributed by atoms with Gasteiger partial charge in [0, 0.05) is 25.8 Å². The van der Waals surface area contributed by atoms with Crippen LogP contribution < -0.4 is 11.5 Å². The van der Waals surface area contributed by atoms with E-state index in [1.54, 1.807) is 0 Å². The zero-order valence-electron chi connectivity index (χ0n) is 7.54. The summed E-state index contributed by atoms with van der Waals surface area (Å²) in [7, 11) is 0. The molecule has 70 valence electrons. The van der Waals surface area contributed by atoms with Gasteiger partial charge < -0.3 is 11.5 Å². The van der Waals surface area contributed by atoms with Gasteiger partial charge in [0.05, 0.1) is 11.3 Å². The zero-order chi connectivity index (χ0) is 9.42. The number of nitrogen functional groups attached to an aromatic ring is 1. The fourth-order valence-corrected chi connectivity index (χ4v) is 1.60. The summed E-state index contributed by atoms with van der Waals surface area (Å²) in [6, 6.07) is 1.83. The number of fused-ring (bicyclic) bond motifs is 1. The van der Waals surface area contributed by atoms with E-state index in [2.05, 4.69) is 9.98 Å². The molecule has 0 saturated carbocycles. The molecule has 0 bridgehead atoms. The molecule has 0 spiro atoms. The van der Waals surface area contributed by atoms with E-state index in [0.717, 1.165) is 23.4 Å². The van der Waals surface area contributed by atoms with Crippen LogP contribution in [0.5, 0.6) is 0 Å². The molecular formula is C9H14N4. The molecule has 0 aliphatic carbocycles. The summed E-state index contributed by atoms with van der Waals surface area (Å²) in [4.78, 5) is 8.52. The van der Waals surface area contributed by atoms with Gasteiger partial charge in [-0.2, -0.15) is 0 Å². The largest absolute Gasteiger partial charge is 0.398 e. The number of nitrogens with zero attached hydrogens (tertiary/aromatic N) is 2. The predicted octanol–water partition coefficient (Wildman–Crippen LogP) is 0.480. The Morgan fingerprint density at radius 1 is 1.46 bits per heavy atom. The number of hydrogen-bond acceptors (Lipinski definition) is 4. The van der Waals surface area contributed by atoms with Crippen molar-refractivity contribution in [3.05, 3.63) is 23.0 Å². The molecular weight excluding hydrogens is 164 g/mol. The van der Waals surface area contributed by atoms with E-state index in [1.807, 2.05) is 13.0 Å². The number of nitrogens with two attached hydrogens (primary N) is 2. The van der Waals surface area contributed by atoms with Crippen molar-refractivity contribution in [1.82, 2.24) is 4.98 Å². The average Bonchev–Trinajstić information content (AvgIpc) is 2.02. The highest BCUT2D eigenvalue weighted by Crippen LogP contribution is 2.19. The monoisotopic (exact) mass is 178 g/mol. The number of aromatic nitrogens is 1. The van der Waals surface area contributed by atoms with Gasteiger partial charge >= 0.3 is 0 Å². The zero-order valence-corrected chi connectivity index (χ0v) is 7.54. The lowest BCUT2D eigenvalue weighted by Crippen LogP contribution is -2.23. The van der Waals surface area contributed by atoms with Gasteiger partial charge in [0.25, 0.3) is 0 Å². The molecule has 0 unspecified atom stereocenters. The first-order valence-corrected chi connectivity index (χ1v) is 4.25. The maximum atomic E-state index is 5.83. The van der Waals surface area contributed by atoms with E-state index >= 15 is 0 Å². The lowest BCUT2D eigenvalue weighted by atomic mass is 10.0. The summed E-state index contributed by atoms with van der Waals surface area (Å²) in [5.74, 6) is 0.520. The number of pyridine rings is 1. The summed E-state index contributed by atoms with van der Waals surface area (Å²) in [6.07, 6.45) is 0.835. The number of rotatable bonds is 0. The molecule has 0 aromatic carbocycles. The Balaban J connectivity index is 0.000000980. The minimum atomic E-state index is 0. The summed E-state index contributed by atoms with van der Waals surface area (Å²) in [5, 5.41) is 0. The fourth-order valence-electron chi connectivity index (χ4n) is 1.60. The van der Waals surface area contributed by atoms with Gasteiger partial charge in [-0.05, 0) is 13.0 Å². The second-order valence-electron chi connectivity index (χ2n) is 3.19. The first-order valence-electron chi connectivity index (χ1n) is 4.25. The molecule has 1 aromatic heterocycles. The highest BCUT2D eigenvalue weighted by Gasteiger charge is 2.16. The summed E-state index contributed by atoms with van der Waals surface area (Å²) in [6.45, 7) is 2.65. The normalized spacial score (nSPS) is 15.0. The number of hydrogen-bond donors (Lipinski definition) is 2. The van der Waals surface area contributed by atoms with E-state index < -0.39 is 0 Å². The minimum Gasteiger partial charge on any atom is -0.398 e. The van der Waals surface area contributed by atoms with E-state index in [0.29, 0.717) is 18.1 Å². The van der Waals surface area contributed by atoms with Crippen LogP contribution in [0.2, 0.25) is 0 Å². The molecule has 0 fully saturated rings. The highest BCUT2D eigenvalue weighted by molar-refractivity contribution is 6.03. The van der Waals surface area contributed by atoms with Crippen LogP contribution in [0.15, 0.2) is 11.1 Å². The molecule has 0 atom stereocenters. The summed E-state index contributed by atoms with van der Waals surface area (Å²) < 4.78 is 0. The molecule has 0 amide bonds. The van der Waals surface area contributed by atoms with Gasteiger partial charge in [0.15, 0.2) is 0 Å². The van der Waals surface area contributed by atoms with Crippen LogP contribution in [-0.2, 0) is 6.42 Å². The van der Waals surface area contributed by atoms with E-state index in [4.69, 9.17) is 11.5 Å². The van der Waals surface area contributed by atoms with Crippen molar-refractivity contribution in [1.29, 1.82) is 0 Å². The van der Waals surface area contributed by atoms with Gasteiger partial charge in [-0.1, -0.05) is 0 Å². The van der Waals surface area contributed by atoms with Crippen LogP contribution in [0.4, 0.5) is 5.69 Å². The Labute approximate surface area is 78.2 Å². The first-order chi connectivity index (χ1) is 6.18. The van der Waals surface area contributed by atoms with Crippen LogP contribution in [0.1, 0.15) is 18.4 Å². The second kappa shape index (κ2) is 2.73. The van der Waals surface area contributed by atoms with Gasteiger partial charge in [0.1, 0.15) is 5.84 Å². The molecule has 4 N–H and O–H groups in total. The quantitative estimate of drug-likeness (QED) is 0.606. The van der Waals surface area contributed by atoms with E-state index in [9.17, 15) is 0 Å². The Kier molecular flexibility index (Phi) is 1.69. The molecule has 13 heavy (non-hydrogen) atoms. The predicted molar refractivity (Wildman–Crippen MR) is 54.8 cm³/mol. The van der Waals surface area contributed by atoms with Crippen LogP contribution in [0.25, 0.3) is 0 Å². The van der Waals surface area contributed by atoms with Gasteiger partial charge in [-0.3, -0.25) is 9.98 Å². The molecule has 0 radical (unpaired) electrons. The third-order valence-corrected chi connectivity index (χ3v) is 2.14. The molecule has 2 rings (SSSR count). The van der Waals surface area contributed by atoms with Gasteiger partial charge in [-0.15, -0.1) is 0 Å². The Morgan fingerprint density at radius 3 is 3.00 bits per heavy atom. The second-order valence-corrected chi connectivity index (χ2v) is 3.19. The average molecular weight is 178 g/mol. The maximum absolute atomic E-state index is 5.83.